The van der Waals surface area contributed by atoms with Crippen molar-refractivity contribution in [3.05, 3.63) is 75.1 Å². The molecule has 3 aromatic rings. The highest BCUT2D eigenvalue weighted by molar-refractivity contribution is 7.10. The van der Waals surface area contributed by atoms with E-state index in [2.05, 4.69) is 6.92 Å². The van der Waals surface area contributed by atoms with Gasteiger partial charge >= 0.3 is 0 Å². The van der Waals surface area contributed by atoms with E-state index in [9.17, 15) is 19.7 Å². The third-order valence-corrected chi connectivity index (χ3v) is 8.67. The van der Waals surface area contributed by atoms with Gasteiger partial charge in [-0.25, -0.2) is 4.98 Å². The van der Waals surface area contributed by atoms with Gasteiger partial charge in [-0.2, -0.15) is 0 Å². The second kappa shape index (κ2) is 11.4. The molecule has 1 aromatic heterocycles. The Bertz CT molecular complexity index is 1300. The van der Waals surface area contributed by atoms with Crippen LogP contribution in [0.15, 0.2) is 60.0 Å². The van der Waals surface area contributed by atoms with Gasteiger partial charge in [0, 0.05) is 55.0 Å². The second-order valence-electron chi connectivity index (χ2n) is 10.2. The first kappa shape index (κ1) is 26.0. The summed E-state index contributed by atoms with van der Waals surface area (Å²) in [6.45, 7) is 3.35. The minimum Gasteiger partial charge on any atom is -0.343 e. The van der Waals surface area contributed by atoms with E-state index in [1.54, 1.807) is 18.2 Å². The Morgan fingerprint density at radius 2 is 1.74 bits per heavy atom. The molecule has 1 atom stereocenters. The van der Waals surface area contributed by atoms with E-state index in [1.807, 2.05) is 45.5 Å². The van der Waals surface area contributed by atoms with E-state index < -0.39 is 0 Å². The van der Waals surface area contributed by atoms with Crippen LogP contribution in [-0.2, 0) is 9.59 Å². The van der Waals surface area contributed by atoms with Crippen LogP contribution in [0.1, 0.15) is 56.4 Å². The molecule has 5 rings (SSSR count). The first-order valence-corrected chi connectivity index (χ1v) is 14.1. The molecule has 0 bridgehead atoms. The number of carbonyl (C=O) groups is 2. The summed E-state index contributed by atoms with van der Waals surface area (Å²) in [4.78, 5) is 45.7. The van der Waals surface area contributed by atoms with Crippen molar-refractivity contribution in [2.24, 2.45) is 5.92 Å². The van der Waals surface area contributed by atoms with Crippen LogP contribution in [0.3, 0.4) is 0 Å². The highest BCUT2D eigenvalue weighted by Crippen LogP contribution is 2.38. The first-order chi connectivity index (χ1) is 18.4. The Hall–Kier alpha value is -3.59. The maximum Gasteiger partial charge on any atom is 0.278 e. The molecule has 0 N–H and O–H groups in total. The van der Waals surface area contributed by atoms with Crippen LogP contribution >= 0.6 is 11.3 Å². The van der Waals surface area contributed by atoms with E-state index in [1.165, 1.54) is 17.4 Å². The van der Waals surface area contributed by atoms with Gasteiger partial charge in [-0.15, -0.1) is 11.3 Å². The Labute approximate surface area is 226 Å². The first-order valence-electron chi connectivity index (χ1n) is 13.3. The molecule has 9 heteroatoms. The molecule has 1 saturated carbocycles. The van der Waals surface area contributed by atoms with E-state index in [0.29, 0.717) is 30.3 Å². The number of para-hydroxylation sites is 2. The monoisotopic (exact) mass is 532 g/mol. The summed E-state index contributed by atoms with van der Waals surface area (Å²) in [6, 6.07) is 16.5. The zero-order valence-corrected chi connectivity index (χ0v) is 22.3. The normalized spacial score (nSPS) is 16.7. The number of rotatable bonds is 9. The van der Waals surface area contributed by atoms with Crippen LogP contribution in [0, 0.1) is 16.0 Å². The van der Waals surface area contributed by atoms with Crippen molar-refractivity contribution in [1.29, 1.82) is 0 Å². The number of nitrogens with zero attached hydrogens (tertiary/aromatic N) is 4. The lowest BCUT2D eigenvalue weighted by atomic mass is 9.97. The molecular formula is C29H32N4O4S. The molecule has 38 heavy (non-hydrogen) atoms. The summed E-state index contributed by atoms with van der Waals surface area (Å²) in [5.74, 6) is 0.774. The highest BCUT2D eigenvalue weighted by atomic mass is 32.1. The summed E-state index contributed by atoms with van der Waals surface area (Å²) >= 11 is 1.52. The fourth-order valence-corrected chi connectivity index (χ4v) is 6.29. The Kier molecular flexibility index (Phi) is 7.83. The van der Waals surface area contributed by atoms with E-state index >= 15 is 0 Å². The molecule has 1 aliphatic carbocycles. The molecule has 2 fully saturated rings. The van der Waals surface area contributed by atoms with Gasteiger partial charge in [0.1, 0.15) is 0 Å². The molecular weight excluding hydrogens is 500 g/mol. The predicted molar refractivity (Wildman–Crippen MR) is 148 cm³/mol. The third kappa shape index (κ3) is 5.78. The minimum absolute atomic E-state index is 0.00385. The molecule has 1 saturated heterocycles. The van der Waals surface area contributed by atoms with Crippen LogP contribution < -0.4 is 4.90 Å². The fourth-order valence-electron chi connectivity index (χ4n) is 5.30. The number of likely N-dealkylation sites (tertiary alicyclic amines) is 1. The quantitative estimate of drug-likeness (QED) is 0.247. The molecule has 2 amide bonds. The van der Waals surface area contributed by atoms with Crippen molar-refractivity contribution in [2.45, 2.75) is 57.4 Å². The number of benzene rings is 2. The standard InChI is InChI=1S/C29H32N4O4S/c1-20(21-11-12-21)32(23-7-3-2-4-8-23)28(35)14-13-27(34)31-17-15-22(16-18-31)29-30-25(19-38-29)24-9-5-6-10-26(24)33(36)37/h2-10,19-22H,11-18H2,1H3. The molecule has 2 aliphatic rings. The number of thiazole rings is 1. The Morgan fingerprint density at radius 3 is 2.42 bits per heavy atom. The van der Waals surface area contributed by atoms with Crippen molar-refractivity contribution in [3.8, 4) is 11.3 Å². The molecule has 0 spiro atoms. The minimum atomic E-state index is -0.380. The van der Waals surface area contributed by atoms with Gasteiger partial charge in [0.05, 0.1) is 21.2 Å². The van der Waals surface area contributed by atoms with Gasteiger partial charge in [-0.1, -0.05) is 30.3 Å². The largest absolute Gasteiger partial charge is 0.343 e. The summed E-state index contributed by atoms with van der Waals surface area (Å²) < 4.78 is 0. The average molecular weight is 533 g/mol. The maximum atomic E-state index is 13.2. The summed E-state index contributed by atoms with van der Waals surface area (Å²) in [6.07, 6.45) is 4.29. The van der Waals surface area contributed by atoms with Crippen LogP contribution in [-0.4, -0.2) is 45.8 Å². The molecule has 2 aromatic carbocycles. The van der Waals surface area contributed by atoms with Gasteiger partial charge in [0.2, 0.25) is 11.8 Å². The number of hydrogen-bond donors (Lipinski definition) is 0. The molecule has 1 aliphatic heterocycles. The molecule has 0 radical (unpaired) electrons. The van der Waals surface area contributed by atoms with Gasteiger partial charge in [-0.3, -0.25) is 19.7 Å². The molecule has 8 nitrogen and oxygen atoms in total. The third-order valence-electron chi connectivity index (χ3n) is 7.66. The maximum absolute atomic E-state index is 13.2. The Morgan fingerprint density at radius 1 is 1.05 bits per heavy atom. The summed E-state index contributed by atoms with van der Waals surface area (Å²) in [7, 11) is 0. The van der Waals surface area contributed by atoms with Crippen molar-refractivity contribution < 1.29 is 14.5 Å². The number of amides is 2. The lowest BCUT2D eigenvalue weighted by Crippen LogP contribution is -2.42. The number of aromatic nitrogens is 1. The van der Waals surface area contributed by atoms with Crippen LogP contribution in [0.2, 0.25) is 0 Å². The molecule has 198 valence electrons. The van der Waals surface area contributed by atoms with Crippen molar-refractivity contribution in [2.75, 3.05) is 18.0 Å². The van der Waals surface area contributed by atoms with Crippen molar-refractivity contribution >= 4 is 34.5 Å². The van der Waals surface area contributed by atoms with Gasteiger partial charge in [-0.05, 0) is 56.7 Å². The number of carbonyl (C=O) groups excluding carboxylic acids is 2. The Balaban J connectivity index is 1.15. The number of nitro benzene ring substituents is 1. The SMILES string of the molecule is CC(C1CC1)N(C(=O)CCC(=O)N1CCC(c2nc(-c3ccccc3[N+](=O)[O-])cs2)CC1)c1ccccc1. The van der Waals surface area contributed by atoms with Gasteiger partial charge in [0.15, 0.2) is 0 Å². The smallest absolute Gasteiger partial charge is 0.278 e. The van der Waals surface area contributed by atoms with Crippen LogP contribution in [0.5, 0.6) is 0 Å². The zero-order valence-electron chi connectivity index (χ0n) is 21.5. The summed E-state index contributed by atoms with van der Waals surface area (Å²) in [5.41, 5.74) is 2.10. The molecule has 2 heterocycles. The van der Waals surface area contributed by atoms with E-state index in [4.69, 9.17) is 4.98 Å². The predicted octanol–water partition coefficient (Wildman–Crippen LogP) is 6.04. The summed E-state index contributed by atoms with van der Waals surface area (Å²) in [5, 5.41) is 14.2. The number of nitro groups is 1. The number of hydrogen-bond acceptors (Lipinski definition) is 6. The number of anilines is 1. The van der Waals surface area contributed by atoms with Crippen molar-refractivity contribution in [1.82, 2.24) is 9.88 Å². The highest BCUT2D eigenvalue weighted by Gasteiger charge is 2.35. The average Bonchev–Trinajstić information content (AvgIpc) is 3.69. The van der Waals surface area contributed by atoms with E-state index in [-0.39, 0.29) is 47.2 Å². The number of piperidine rings is 1. The van der Waals surface area contributed by atoms with Gasteiger partial charge < -0.3 is 9.80 Å². The molecule has 1 unspecified atom stereocenters. The second-order valence-corrected chi connectivity index (χ2v) is 11.1. The topological polar surface area (TPSA) is 96.7 Å². The van der Waals surface area contributed by atoms with E-state index in [0.717, 1.165) is 36.4 Å². The van der Waals surface area contributed by atoms with Gasteiger partial charge in [0.25, 0.3) is 5.69 Å². The van der Waals surface area contributed by atoms with Crippen LogP contribution in [0.25, 0.3) is 11.3 Å². The van der Waals surface area contributed by atoms with Crippen LogP contribution in [0.4, 0.5) is 11.4 Å². The zero-order chi connectivity index (χ0) is 26.6. The van der Waals surface area contributed by atoms with Crippen molar-refractivity contribution in [3.63, 3.8) is 0 Å². The fraction of sp³-hybridized carbons (Fsp3) is 0.414. The lowest BCUT2D eigenvalue weighted by Gasteiger charge is -2.32. The lowest BCUT2D eigenvalue weighted by molar-refractivity contribution is -0.384.